The highest BCUT2D eigenvalue weighted by atomic mass is 16.5. The van der Waals surface area contributed by atoms with Gasteiger partial charge in [-0.05, 0) is 34.7 Å². The fourth-order valence-corrected chi connectivity index (χ4v) is 3.84. The van der Waals surface area contributed by atoms with E-state index in [1.165, 1.54) is 7.11 Å². The Morgan fingerprint density at radius 1 is 0.857 bits per heavy atom. The smallest absolute Gasteiger partial charge is 0.407 e. The maximum absolute atomic E-state index is 12.5. The summed E-state index contributed by atoms with van der Waals surface area (Å²) in [6.45, 7) is 0.702. The van der Waals surface area contributed by atoms with Crippen LogP contribution in [0.3, 0.4) is 0 Å². The maximum Gasteiger partial charge on any atom is 0.407 e. The van der Waals surface area contributed by atoms with Crippen molar-refractivity contribution >= 4 is 28.7 Å². The third-order valence-corrected chi connectivity index (χ3v) is 5.69. The number of hydrogen-bond donors (Lipinski definition) is 2. The molecule has 0 unspecified atom stereocenters. The van der Waals surface area contributed by atoms with Crippen LogP contribution >= 0.6 is 0 Å². The minimum Gasteiger partial charge on any atom is -0.467 e. The van der Waals surface area contributed by atoms with Crippen LogP contribution in [-0.2, 0) is 32.1 Å². The van der Waals surface area contributed by atoms with Gasteiger partial charge < -0.3 is 20.1 Å². The Morgan fingerprint density at radius 2 is 1.60 bits per heavy atom. The topological polar surface area (TPSA) is 93.7 Å². The Morgan fingerprint density at radius 3 is 2.40 bits per heavy atom. The summed E-state index contributed by atoms with van der Waals surface area (Å²) in [5.41, 5.74) is 1.91. The number of unbranched alkanes of at least 4 members (excludes halogenated alkanes) is 2. The van der Waals surface area contributed by atoms with E-state index >= 15 is 0 Å². The molecule has 2 amide bonds. The molecule has 7 heteroatoms. The van der Waals surface area contributed by atoms with Gasteiger partial charge in [0.2, 0.25) is 5.91 Å². The van der Waals surface area contributed by atoms with Crippen LogP contribution in [0.5, 0.6) is 0 Å². The molecule has 0 aliphatic rings. The highest BCUT2D eigenvalue weighted by Gasteiger charge is 2.22. The summed E-state index contributed by atoms with van der Waals surface area (Å²) in [5, 5.41) is 7.66. The van der Waals surface area contributed by atoms with Gasteiger partial charge in [0, 0.05) is 19.4 Å². The molecule has 0 bridgehead atoms. The molecular formula is C28H32N2O5. The summed E-state index contributed by atoms with van der Waals surface area (Å²) in [4.78, 5) is 36.6. The van der Waals surface area contributed by atoms with Crippen LogP contribution in [0.25, 0.3) is 10.8 Å². The second kappa shape index (κ2) is 13.7. The average molecular weight is 477 g/mol. The molecule has 0 saturated carbocycles. The second-order valence-electron chi connectivity index (χ2n) is 8.28. The molecule has 0 spiro atoms. The SMILES string of the molecule is COC(=O)[C@H](Cc1cccc2ccccc12)NC(=O)CCCCCNC(=O)OCc1ccccc1. The Bertz CT molecular complexity index is 1110. The molecule has 7 nitrogen and oxygen atoms in total. The van der Waals surface area contributed by atoms with E-state index < -0.39 is 18.1 Å². The Hall–Kier alpha value is -3.87. The number of rotatable bonds is 12. The van der Waals surface area contributed by atoms with E-state index in [0.29, 0.717) is 25.8 Å². The first-order chi connectivity index (χ1) is 17.1. The van der Waals surface area contributed by atoms with E-state index in [1.807, 2.05) is 72.8 Å². The van der Waals surface area contributed by atoms with Crippen molar-refractivity contribution in [1.29, 1.82) is 0 Å². The first kappa shape index (κ1) is 25.7. The number of ether oxygens (including phenoxy) is 2. The number of nitrogens with one attached hydrogen (secondary N) is 2. The predicted octanol–water partition coefficient (Wildman–Crippen LogP) is 4.53. The number of benzene rings is 3. The van der Waals surface area contributed by atoms with E-state index in [0.717, 1.165) is 34.7 Å². The van der Waals surface area contributed by atoms with Gasteiger partial charge in [-0.25, -0.2) is 9.59 Å². The quantitative estimate of drug-likeness (QED) is 0.296. The van der Waals surface area contributed by atoms with Gasteiger partial charge in [0.15, 0.2) is 0 Å². The summed E-state index contributed by atoms with van der Waals surface area (Å²) in [5.74, 6) is -0.666. The van der Waals surface area contributed by atoms with Gasteiger partial charge in [-0.3, -0.25) is 4.79 Å². The number of carbonyl (C=O) groups is 3. The molecule has 0 radical (unpaired) electrons. The minimum absolute atomic E-state index is 0.198. The number of fused-ring (bicyclic) bond motifs is 1. The van der Waals surface area contributed by atoms with Crippen molar-refractivity contribution < 1.29 is 23.9 Å². The van der Waals surface area contributed by atoms with E-state index in [4.69, 9.17) is 9.47 Å². The zero-order valence-electron chi connectivity index (χ0n) is 20.0. The van der Waals surface area contributed by atoms with E-state index in [2.05, 4.69) is 10.6 Å². The molecule has 3 aromatic carbocycles. The fraction of sp³-hybridized carbons (Fsp3) is 0.321. The fourth-order valence-electron chi connectivity index (χ4n) is 3.84. The Kier molecular flexibility index (Phi) is 10.1. The lowest BCUT2D eigenvalue weighted by Gasteiger charge is -2.18. The van der Waals surface area contributed by atoms with E-state index in [9.17, 15) is 14.4 Å². The summed E-state index contributed by atoms with van der Waals surface area (Å²) < 4.78 is 10.1. The summed E-state index contributed by atoms with van der Waals surface area (Å²) in [7, 11) is 1.32. The molecule has 0 aromatic heterocycles. The number of methoxy groups -OCH3 is 1. The molecule has 184 valence electrons. The first-order valence-corrected chi connectivity index (χ1v) is 11.8. The molecule has 2 N–H and O–H groups in total. The van der Waals surface area contributed by atoms with Crippen molar-refractivity contribution in [3.63, 3.8) is 0 Å². The molecule has 35 heavy (non-hydrogen) atoms. The highest BCUT2D eigenvalue weighted by Crippen LogP contribution is 2.20. The van der Waals surface area contributed by atoms with Crippen LogP contribution in [0, 0.1) is 0 Å². The normalized spacial score (nSPS) is 11.5. The van der Waals surface area contributed by atoms with Gasteiger partial charge in [0.05, 0.1) is 7.11 Å². The Balaban J connectivity index is 1.37. The van der Waals surface area contributed by atoms with E-state index in [1.54, 1.807) is 0 Å². The zero-order chi connectivity index (χ0) is 24.9. The highest BCUT2D eigenvalue weighted by molar-refractivity contribution is 5.88. The van der Waals surface area contributed by atoms with Crippen molar-refractivity contribution in [3.05, 3.63) is 83.9 Å². The number of amides is 2. The van der Waals surface area contributed by atoms with Crippen LogP contribution < -0.4 is 10.6 Å². The number of alkyl carbamates (subject to hydrolysis) is 1. The molecule has 0 saturated heterocycles. The van der Waals surface area contributed by atoms with Crippen molar-refractivity contribution in [2.45, 2.75) is 44.8 Å². The largest absolute Gasteiger partial charge is 0.467 e. The van der Waals surface area contributed by atoms with Gasteiger partial charge in [-0.2, -0.15) is 0 Å². The third-order valence-electron chi connectivity index (χ3n) is 5.69. The third kappa shape index (κ3) is 8.45. The monoisotopic (exact) mass is 476 g/mol. The van der Waals surface area contributed by atoms with Gasteiger partial charge in [-0.15, -0.1) is 0 Å². The molecule has 1 atom stereocenters. The minimum atomic E-state index is -0.751. The van der Waals surface area contributed by atoms with Crippen molar-refractivity contribution in [3.8, 4) is 0 Å². The number of carbonyl (C=O) groups excluding carboxylic acids is 3. The standard InChI is InChI=1S/C28H32N2O5/c1-34-27(32)25(19-23-15-10-14-22-13-7-8-16-24(22)23)30-26(31)17-6-3-9-18-29-28(33)35-20-21-11-4-2-5-12-21/h2,4-5,7-8,10-16,25H,3,6,9,17-20H2,1H3,(H,29,33)(H,30,31)/t25-/m0/s1. The summed E-state index contributed by atoms with van der Waals surface area (Å²) >= 11 is 0. The summed E-state index contributed by atoms with van der Waals surface area (Å²) in [6, 6.07) is 22.6. The van der Waals surface area contributed by atoms with Gasteiger partial charge in [0.25, 0.3) is 0 Å². The maximum atomic E-state index is 12.5. The Labute approximate surface area is 205 Å². The van der Waals surface area contributed by atoms with Gasteiger partial charge >= 0.3 is 12.1 Å². The van der Waals surface area contributed by atoms with Crippen LogP contribution in [0.2, 0.25) is 0 Å². The molecule has 0 fully saturated rings. The predicted molar refractivity (Wildman–Crippen MR) is 135 cm³/mol. The molecule has 0 aliphatic carbocycles. The molecule has 3 rings (SSSR count). The van der Waals surface area contributed by atoms with Crippen LogP contribution in [0.1, 0.15) is 36.8 Å². The van der Waals surface area contributed by atoms with Crippen LogP contribution in [0.15, 0.2) is 72.8 Å². The summed E-state index contributed by atoms with van der Waals surface area (Å²) in [6.07, 6.45) is 2.33. The van der Waals surface area contributed by atoms with Crippen molar-refractivity contribution in [2.24, 2.45) is 0 Å². The van der Waals surface area contributed by atoms with E-state index in [-0.39, 0.29) is 12.5 Å². The zero-order valence-corrected chi connectivity index (χ0v) is 20.0. The lowest BCUT2D eigenvalue weighted by Crippen LogP contribution is -2.43. The lowest BCUT2D eigenvalue weighted by molar-refractivity contribution is -0.145. The number of hydrogen-bond acceptors (Lipinski definition) is 5. The first-order valence-electron chi connectivity index (χ1n) is 11.8. The van der Waals surface area contributed by atoms with Gasteiger partial charge in [-0.1, -0.05) is 79.2 Å². The second-order valence-corrected chi connectivity index (χ2v) is 8.28. The van der Waals surface area contributed by atoms with Crippen LogP contribution in [0.4, 0.5) is 4.79 Å². The molecular weight excluding hydrogens is 444 g/mol. The molecule has 0 aliphatic heterocycles. The number of esters is 1. The van der Waals surface area contributed by atoms with Crippen LogP contribution in [-0.4, -0.2) is 37.7 Å². The lowest BCUT2D eigenvalue weighted by atomic mass is 9.98. The molecule has 0 heterocycles. The van der Waals surface area contributed by atoms with Gasteiger partial charge in [0.1, 0.15) is 12.6 Å². The molecule has 3 aromatic rings. The van der Waals surface area contributed by atoms with Crippen molar-refractivity contribution in [1.82, 2.24) is 10.6 Å². The average Bonchev–Trinajstić information content (AvgIpc) is 2.89. The van der Waals surface area contributed by atoms with Crippen molar-refractivity contribution in [2.75, 3.05) is 13.7 Å².